The molecule has 0 aliphatic carbocycles. The SMILES string of the molecule is O=C(NCCC(=O)N1CCOC1)OCc1ccccc1. The summed E-state index contributed by atoms with van der Waals surface area (Å²) in [7, 11) is 0. The number of amides is 2. The average molecular weight is 278 g/mol. The molecule has 0 bridgehead atoms. The molecule has 1 saturated heterocycles. The van der Waals surface area contributed by atoms with Crippen molar-refractivity contribution in [1.29, 1.82) is 0 Å². The molecule has 0 aromatic heterocycles. The fourth-order valence-electron chi connectivity index (χ4n) is 1.81. The molecule has 1 fully saturated rings. The molecular formula is C14H18N2O4. The Balaban J connectivity index is 1.59. The maximum atomic E-state index is 11.7. The van der Waals surface area contributed by atoms with Gasteiger partial charge in [-0.05, 0) is 5.56 Å². The molecule has 108 valence electrons. The van der Waals surface area contributed by atoms with Gasteiger partial charge in [0.05, 0.1) is 6.61 Å². The van der Waals surface area contributed by atoms with Gasteiger partial charge < -0.3 is 19.7 Å². The highest BCUT2D eigenvalue weighted by atomic mass is 16.5. The summed E-state index contributed by atoms with van der Waals surface area (Å²) < 4.78 is 10.1. The van der Waals surface area contributed by atoms with E-state index in [0.717, 1.165) is 5.56 Å². The standard InChI is InChI=1S/C14H18N2O4/c17-13(16-8-9-19-11-16)6-7-15-14(18)20-10-12-4-2-1-3-5-12/h1-5H,6-11H2,(H,15,18). The maximum Gasteiger partial charge on any atom is 0.407 e. The number of hydrogen-bond donors (Lipinski definition) is 1. The lowest BCUT2D eigenvalue weighted by Gasteiger charge is -2.13. The zero-order valence-corrected chi connectivity index (χ0v) is 11.2. The van der Waals surface area contributed by atoms with Crippen molar-refractivity contribution in [3.8, 4) is 0 Å². The third kappa shape index (κ3) is 4.55. The summed E-state index contributed by atoms with van der Waals surface area (Å²) in [6.45, 7) is 2.04. The molecule has 1 heterocycles. The van der Waals surface area contributed by atoms with E-state index in [1.165, 1.54) is 0 Å². The van der Waals surface area contributed by atoms with E-state index in [1.54, 1.807) is 4.90 Å². The molecule has 2 amide bonds. The third-order valence-corrected chi connectivity index (χ3v) is 2.93. The van der Waals surface area contributed by atoms with Gasteiger partial charge in [0.15, 0.2) is 0 Å². The van der Waals surface area contributed by atoms with Crippen LogP contribution in [0.25, 0.3) is 0 Å². The van der Waals surface area contributed by atoms with Gasteiger partial charge in [-0.1, -0.05) is 30.3 Å². The van der Waals surface area contributed by atoms with Crippen LogP contribution in [0.1, 0.15) is 12.0 Å². The van der Waals surface area contributed by atoms with E-state index in [2.05, 4.69) is 5.32 Å². The van der Waals surface area contributed by atoms with Gasteiger partial charge in [-0.3, -0.25) is 4.79 Å². The molecule has 1 N–H and O–H groups in total. The fourth-order valence-corrected chi connectivity index (χ4v) is 1.81. The van der Waals surface area contributed by atoms with Gasteiger partial charge in [-0.2, -0.15) is 0 Å². The van der Waals surface area contributed by atoms with E-state index in [4.69, 9.17) is 9.47 Å². The minimum Gasteiger partial charge on any atom is -0.445 e. The molecule has 1 aliphatic heterocycles. The van der Waals surface area contributed by atoms with Gasteiger partial charge in [-0.15, -0.1) is 0 Å². The van der Waals surface area contributed by atoms with Crippen LogP contribution in [-0.2, 0) is 20.9 Å². The molecule has 0 spiro atoms. The first kappa shape index (κ1) is 14.3. The molecule has 6 nitrogen and oxygen atoms in total. The fraction of sp³-hybridized carbons (Fsp3) is 0.429. The van der Waals surface area contributed by atoms with Gasteiger partial charge in [0.1, 0.15) is 13.3 Å². The summed E-state index contributed by atoms with van der Waals surface area (Å²) in [5.41, 5.74) is 0.924. The first-order valence-corrected chi connectivity index (χ1v) is 6.56. The predicted octanol–water partition coefficient (Wildman–Crippen LogP) is 1.12. The van der Waals surface area contributed by atoms with Gasteiger partial charge >= 0.3 is 6.09 Å². The molecular weight excluding hydrogens is 260 g/mol. The van der Waals surface area contributed by atoms with Crippen molar-refractivity contribution < 1.29 is 19.1 Å². The molecule has 6 heteroatoms. The van der Waals surface area contributed by atoms with Crippen LogP contribution >= 0.6 is 0 Å². The lowest BCUT2D eigenvalue weighted by molar-refractivity contribution is -0.131. The summed E-state index contributed by atoms with van der Waals surface area (Å²) in [6, 6.07) is 9.42. The normalized spacial score (nSPS) is 14.1. The van der Waals surface area contributed by atoms with Crippen LogP contribution in [0.15, 0.2) is 30.3 Å². The molecule has 1 aromatic carbocycles. The van der Waals surface area contributed by atoms with E-state index < -0.39 is 6.09 Å². The minimum atomic E-state index is -0.515. The Labute approximate surface area is 117 Å². The Kier molecular flexibility index (Phi) is 5.37. The Morgan fingerprint density at radius 3 is 2.80 bits per heavy atom. The Bertz CT molecular complexity index is 444. The highest BCUT2D eigenvalue weighted by Crippen LogP contribution is 2.02. The van der Waals surface area contributed by atoms with Gasteiger partial charge in [0, 0.05) is 19.5 Å². The van der Waals surface area contributed by atoms with Gasteiger partial charge in [0.25, 0.3) is 0 Å². The number of carbonyl (C=O) groups excluding carboxylic acids is 2. The summed E-state index contributed by atoms with van der Waals surface area (Å²) in [6.07, 6.45) is -0.261. The van der Waals surface area contributed by atoms with Crippen molar-refractivity contribution in [1.82, 2.24) is 10.2 Å². The number of carbonyl (C=O) groups is 2. The van der Waals surface area contributed by atoms with Gasteiger partial charge in [-0.25, -0.2) is 4.79 Å². The zero-order chi connectivity index (χ0) is 14.2. The van der Waals surface area contributed by atoms with E-state index in [9.17, 15) is 9.59 Å². The quantitative estimate of drug-likeness (QED) is 0.876. The van der Waals surface area contributed by atoms with E-state index in [-0.39, 0.29) is 25.5 Å². The Morgan fingerprint density at radius 1 is 1.30 bits per heavy atom. The van der Waals surface area contributed by atoms with Crippen LogP contribution in [0.4, 0.5) is 4.79 Å². The number of nitrogens with one attached hydrogen (secondary N) is 1. The van der Waals surface area contributed by atoms with Gasteiger partial charge in [0.2, 0.25) is 5.91 Å². The van der Waals surface area contributed by atoms with E-state index in [1.807, 2.05) is 30.3 Å². The van der Waals surface area contributed by atoms with E-state index >= 15 is 0 Å². The smallest absolute Gasteiger partial charge is 0.407 e. The average Bonchev–Trinajstić information content (AvgIpc) is 3.00. The molecule has 0 atom stereocenters. The number of hydrogen-bond acceptors (Lipinski definition) is 4. The molecule has 2 rings (SSSR count). The first-order valence-electron chi connectivity index (χ1n) is 6.56. The highest BCUT2D eigenvalue weighted by Gasteiger charge is 2.17. The summed E-state index contributed by atoms with van der Waals surface area (Å²) in [5.74, 6) is -0.0224. The summed E-state index contributed by atoms with van der Waals surface area (Å²) in [4.78, 5) is 24.7. The Morgan fingerprint density at radius 2 is 2.10 bits per heavy atom. The highest BCUT2D eigenvalue weighted by molar-refractivity contribution is 5.77. The molecule has 0 unspecified atom stereocenters. The minimum absolute atomic E-state index is 0.0224. The second kappa shape index (κ2) is 7.49. The zero-order valence-electron chi connectivity index (χ0n) is 11.2. The number of benzene rings is 1. The number of nitrogens with zero attached hydrogens (tertiary/aromatic N) is 1. The lowest BCUT2D eigenvalue weighted by Crippen LogP contribution is -2.33. The van der Waals surface area contributed by atoms with Crippen LogP contribution in [-0.4, -0.2) is 43.3 Å². The second-order valence-corrected chi connectivity index (χ2v) is 4.43. The van der Waals surface area contributed by atoms with Crippen molar-refractivity contribution in [3.05, 3.63) is 35.9 Å². The molecule has 20 heavy (non-hydrogen) atoms. The third-order valence-electron chi connectivity index (χ3n) is 2.93. The van der Waals surface area contributed by atoms with Crippen molar-refractivity contribution in [2.24, 2.45) is 0 Å². The first-order chi connectivity index (χ1) is 9.75. The lowest BCUT2D eigenvalue weighted by atomic mass is 10.2. The number of rotatable bonds is 5. The molecule has 1 aliphatic rings. The second-order valence-electron chi connectivity index (χ2n) is 4.43. The van der Waals surface area contributed by atoms with Crippen LogP contribution < -0.4 is 5.32 Å². The van der Waals surface area contributed by atoms with Crippen molar-refractivity contribution in [3.63, 3.8) is 0 Å². The van der Waals surface area contributed by atoms with Crippen molar-refractivity contribution in [2.75, 3.05) is 26.4 Å². The summed E-state index contributed by atoms with van der Waals surface area (Å²) in [5, 5.41) is 2.56. The monoisotopic (exact) mass is 278 g/mol. The topological polar surface area (TPSA) is 67.9 Å². The Hall–Kier alpha value is -2.08. The molecule has 0 radical (unpaired) electrons. The predicted molar refractivity (Wildman–Crippen MR) is 71.8 cm³/mol. The molecule has 1 aromatic rings. The van der Waals surface area contributed by atoms with Crippen molar-refractivity contribution >= 4 is 12.0 Å². The summed E-state index contributed by atoms with van der Waals surface area (Å²) >= 11 is 0. The van der Waals surface area contributed by atoms with Crippen LogP contribution in [0, 0.1) is 0 Å². The van der Waals surface area contributed by atoms with Crippen LogP contribution in [0.2, 0.25) is 0 Å². The maximum absolute atomic E-state index is 11.7. The van der Waals surface area contributed by atoms with Crippen LogP contribution in [0.3, 0.4) is 0 Å². The van der Waals surface area contributed by atoms with E-state index in [0.29, 0.717) is 19.9 Å². The number of ether oxygens (including phenoxy) is 2. The van der Waals surface area contributed by atoms with Crippen molar-refractivity contribution in [2.45, 2.75) is 13.0 Å². The largest absolute Gasteiger partial charge is 0.445 e. The van der Waals surface area contributed by atoms with Crippen LogP contribution in [0.5, 0.6) is 0 Å². The number of alkyl carbamates (subject to hydrolysis) is 1. The molecule has 0 saturated carbocycles.